The summed E-state index contributed by atoms with van der Waals surface area (Å²) in [5.74, 6) is -0.235. The number of allylic oxidation sites excluding steroid dienone is 2. The molecule has 2 N–H and O–H groups in total. The van der Waals surface area contributed by atoms with Crippen LogP contribution < -0.4 is 15.4 Å². The maximum atomic E-state index is 15.0. The Bertz CT molecular complexity index is 1570. The lowest BCUT2D eigenvalue weighted by Crippen LogP contribution is -2.26. The van der Waals surface area contributed by atoms with Gasteiger partial charge in [0.1, 0.15) is 11.5 Å². The third kappa shape index (κ3) is 6.95. The molecule has 40 heavy (non-hydrogen) atoms. The van der Waals surface area contributed by atoms with Crippen LogP contribution in [0.4, 0.5) is 15.9 Å². The fourth-order valence-corrected chi connectivity index (χ4v) is 3.48. The first-order valence-electron chi connectivity index (χ1n) is 12.2. The smallest absolute Gasteiger partial charge is 0.270 e. The van der Waals surface area contributed by atoms with E-state index in [1.165, 1.54) is 12.1 Å². The minimum Gasteiger partial charge on any atom is -0.481 e. The van der Waals surface area contributed by atoms with Crippen LogP contribution in [0.25, 0.3) is 17.1 Å². The molecule has 0 radical (unpaired) electrons. The number of aliphatic imine (C=N–C) groups is 1. The van der Waals surface area contributed by atoms with Crippen molar-refractivity contribution in [3.8, 4) is 17.3 Å². The van der Waals surface area contributed by atoms with Gasteiger partial charge in [-0.2, -0.15) is 4.39 Å². The second-order valence-corrected chi connectivity index (χ2v) is 8.62. The van der Waals surface area contributed by atoms with Gasteiger partial charge in [-0.1, -0.05) is 11.6 Å². The molecule has 1 amide bonds. The highest BCUT2D eigenvalue weighted by molar-refractivity contribution is 5.92. The van der Waals surface area contributed by atoms with Crippen molar-refractivity contribution < 1.29 is 13.9 Å². The summed E-state index contributed by atoms with van der Waals surface area (Å²) in [7, 11) is 1.54. The highest BCUT2D eigenvalue weighted by Gasteiger charge is 2.16. The maximum Gasteiger partial charge on any atom is 0.270 e. The number of carbonyl (C=O) groups is 1. The molecule has 0 aromatic carbocycles. The first-order valence-corrected chi connectivity index (χ1v) is 12.2. The van der Waals surface area contributed by atoms with Gasteiger partial charge in [-0.3, -0.25) is 14.8 Å². The van der Waals surface area contributed by atoms with Crippen molar-refractivity contribution in [2.75, 3.05) is 19.0 Å². The quantitative estimate of drug-likeness (QED) is 0.165. The number of pyridine rings is 3. The molecule has 11 heteroatoms. The number of hydrogen-bond donors (Lipinski definition) is 2. The molecule has 4 rings (SSSR count). The number of methoxy groups -OCH3 is 1. The van der Waals surface area contributed by atoms with Crippen LogP contribution >= 0.6 is 0 Å². The van der Waals surface area contributed by atoms with Crippen LogP contribution in [0.15, 0.2) is 83.9 Å². The predicted octanol–water partition coefficient (Wildman–Crippen LogP) is 4.95. The van der Waals surface area contributed by atoms with Crippen molar-refractivity contribution in [3.63, 3.8) is 0 Å². The van der Waals surface area contributed by atoms with E-state index in [1.807, 2.05) is 26.0 Å². The Hall–Kier alpha value is -5.32. The zero-order valence-electron chi connectivity index (χ0n) is 22.2. The van der Waals surface area contributed by atoms with Crippen LogP contribution in [0.3, 0.4) is 0 Å². The van der Waals surface area contributed by atoms with E-state index in [-0.39, 0.29) is 23.6 Å². The normalized spacial score (nSPS) is 11.6. The number of nitrogens with one attached hydrogen (secondary N) is 2. The molecule has 0 aliphatic heterocycles. The lowest BCUT2D eigenvalue weighted by Gasteiger charge is -2.10. The Morgan fingerprint density at radius 2 is 1.95 bits per heavy atom. The molecular formula is C29H27FN8O2. The van der Waals surface area contributed by atoms with Gasteiger partial charge < -0.3 is 15.4 Å². The second-order valence-electron chi connectivity index (χ2n) is 8.62. The van der Waals surface area contributed by atoms with E-state index in [2.05, 4.69) is 47.3 Å². The van der Waals surface area contributed by atoms with Gasteiger partial charge in [0.15, 0.2) is 5.82 Å². The van der Waals surface area contributed by atoms with Gasteiger partial charge in [-0.15, -0.1) is 0 Å². The average Bonchev–Trinajstić information content (AvgIpc) is 2.98. The zero-order chi connectivity index (χ0) is 28.5. The number of amides is 1. The molecule has 202 valence electrons. The molecule has 0 atom stereocenters. The molecule has 0 aliphatic rings. The van der Waals surface area contributed by atoms with Crippen LogP contribution in [0, 0.1) is 12.9 Å². The van der Waals surface area contributed by atoms with Gasteiger partial charge >= 0.3 is 0 Å². The number of halogens is 1. The van der Waals surface area contributed by atoms with Crippen LogP contribution in [-0.2, 0) is 0 Å². The number of rotatable bonds is 10. The third-order valence-corrected chi connectivity index (χ3v) is 5.68. The maximum absolute atomic E-state index is 15.0. The number of aromatic nitrogens is 5. The molecule has 0 unspecified atom stereocenters. The highest BCUT2D eigenvalue weighted by Crippen LogP contribution is 2.23. The number of anilines is 2. The standard InChI is InChI=1S/C29H27FN8O2/c1-18(7-10-23(31-3)20-8-12-25(40-4)33-16-20)14-35-29(39)24-11-9-22(26(30)37-24)28-34-15-19(2)27(38-28)36-21-6-5-13-32-17-21/h5-13,15-17H,3,14H2,1-2,4H3,(H,35,39)(H,34,36,38)/b18-7+,23-10-. The monoisotopic (exact) mass is 538 g/mol. The predicted molar refractivity (Wildman–Crippen MR) is 152 cm³/mol. The molecule has 0 saturated heterocycles. The zero-order valence-corrected chi connectivity index (χ0v) is 22.2. The number of aryl methyl sites for hydroxylation is 1. The Balaban J connectivity index is 1.42. The van der Waals surface area contributed by atoms with E-state index in [0.29, 0.717) is 17.4 Å². The highest BCUT2D eigenvalue weighted by atomic mass is 19.1. The van der Waals surface area contributed by atoms with Crippen LogP contribution in [0.1, 0.15) is 28.5 Å². The van der Waals surface area contributed by atoms with E-state index in [4.69, 9.17) is 4.74 Å². The summed E-state index contributed by atoms with van der Waals surface area (Å²) >= 11 is 0. The van der Waals surface area contributed by atoms with Gasteiger partial charge in [0.05, 0.1) is 30.3 Å². The summed E-state index contributed by atoms with van der Waals surface area (Å²) in [5.41, 5.74) is 3.71. The number of carbonyl (C=O) groups excluding carboxylic acids is 1. The van der Waals surface area contributed by atoms with Gasteiger partial charge in [0.25, 0.3) is 5.91 Å². The second kappa shape index (κ2) is 13.0. The van der Waals surface area contributed by atoms with Gasteiger partial charge in [-0.25, -0.2) is 19.9 Å². The third-order valence-electron chi connectivity index (χ3n) is 5.68. The summed E-state index contributed by atoms with van der Waals surface area (Å²) in [6.07, 6.45) is 10.1. The number of ether oxygens (including phenoxy) is 1. The van der Waals surface area contributed by atoms with E-state index < -0.39 is 11.9 Å². The van der Waals surface area contributed by atoms with E-state index in [0.717, 1.165) is 22.4 Å². The molecule has 0 fully saturated rings. The molecule has 10 nitrogen and oxygen atoms in total. The average molecular weight is 539 g/mol. The molecule has 0 spiro atoms. The van der Waals surface area contributed by atoms with Crippen LogP contribution in [0.2, 0.25) is 0 Å². The first kappa shape index (κ1) is 27.7. The largest absolute Gasteiger partial charge is 0.481 e. The van der Waals surface area contributed by atoms with E-state index >= 15 is 0 Å². The Labute approximate surface area is 230 Å². The Kier molecular flexibility index (Phi) is 8.98. The fourth-order valence-electron chi connectivity index (χ4n) is 3.48. The summed E-state index contributed by atoms with van der Waals surface area (Å²) < 4.78 is 20.0. The molecule has 0 bridgehead atoms. The Morgan fingerprint density at radius 1 is 1.10 bits per heavy atom. The topological polar surface area (TPSA) is 127 Å². The minimum absolute atomic E-state index is 0.0665. The summed E-state index contributed by atoms with van der Waals surface area (Å²) in [6, 6.07) is 10.0. The summed E-state index contributed by atoms with van der Waals surface area (Å²) in [4.78, 5) is 37.4. The fraction of sp³-hybridized carbons (Fsp3) is 0.138. The lowest BCUT2D eigenvalue weighted by atomic mass is 10.1. The number of hydrogen-bond acceptors (Lipinski definition) is 9. The summed E-state index contributed by atoms with van der Waals surface area (Å²) in [5, 5.41) is 5.88. The molecule has 4 heterocycles. The van der Waals surface area contributed by atoms with E-state index in [9.17, 15) is 9.18 Å². The molecule has 0 aliphatic carbocycles. The van der Waals surface area contributed by atoms with Crippen molar-refractivity contribution in [1.82, 2.24) is 30.2 Å². The van der Waals surface area contributed by atoms with Crippen molar-refractivity contribution >= 4 is 29.8 Å². The SMILES string of the molecule is C=N/C(=C\C=C(/C)CNC(=O)c1ccc(-c2ncc(C)c(Nc3cccnc3)n2)c(F)n1)c1ccc(OC)nc1. The summed E-state index contributed by atoms with van der Waals surface area (Å²) in [6.45, 7) is 7.50. The molecule has 4 aromatic rings. The van der Waals surface area contributed by atoms with Crippen molar-refractivity contribution in [2.45, 2.75) is 13.8 Å². The van der Waals surface area contributed by atoms with Gasteiger partial charge in [-0.05, 0) is 57.0 Å². The minimum atomic E-state index is -0.853. The first-order chi connectivity index (χ1) is 19.4. The van der Waals surface area contributed by atoms with Crippen molar-refractivity contribution in [2.24, 2.45) is 4.99 Å². The Morgan fingerprint density at radius 3 is 2.62 bits per heavy atom. The van der Waals surface area contributed by atoms with E-state index in [1.54, 1.807) is 56.2 Å². The van der Waals surface area contributed by atoms with Crippen LogP contribution in [0.5, 0.6) is 5.88 Å². The molecule has 0 saturated carbocycles. The van der Waals surface area contributed by atoms with Crippen LogP contribution in [-0.4, -0.2) is 51.2 Å². The molecule has 4 aromatic heterocycles. The number of nitrogens with zero attached hydrogens (tertiary/aromatic N) is 6. The molecular weight excluding hydrogens is 511 g/mol. The van der Waals surface area contributed by atoms with Crippen molar-refractivity contribution in [3.05, 3.63) is 102 Å². The van der Waals surface area contributed by atoms with Gasteiger partial charge in [0.2, 0.25) is 11.8 Å². The van der Waals surface area contributed by atoms with Crippen molar-refractivity contribution in [1.29, 1.82) is 0 Å². The lowest BCUT2D eigenvalue weighted by molar-refractivity contribution is 0.0951. The van der Waals surface area contributed by atoms with Gasteiger partial charge in [0, 0.05) is 42.3 Å².